The average Bonchev–Trinajstić information content (AvgIpc) is 2.56. The fraction of sp³-hybridized carbons (Fsp3) is 0.188. The van der Waals surface area contributed by atoms with E-state index in [1.165, 1.54) is 13.3 Å². The lowest BCUT2D eigenvalue weighted by molar-refractivity contribution is -0.141. The van der Waals surface area contributed by atoms with Crippen molar-refractivity contribution in [3.8, 4) is 0 Å². The highest BCUT2D eigenvalue weighted by Crippen LogP contribution is 2.26. The summed E-state index contributed by atoms with van der Waals surface area (Å²) in [7, 11) is 1.28. The van der Waals surface area contributed by atoms with E-state index in [0.29, 0.717) is 15.1 Å². The van der Waals surface area contributed by atoms with Gasteiger partial charge in [-0.3, -0.25) is 9.59 Å². The lowest BCUT2D eigenvalue weighted by Crippen LogP contribution is -2.31. The highest BCUT2D eigenvalue weighted by atomic mass is 79.9. The number of hydrogen-bond donors (Lipinski definition) is 1. The fourth-order valence-electron chi connectivity index (χ4n) is 2.06. The Labute approximate surface area is 157 Å². The number of hydrogen-bond acceptors (Lipinski definition) is 4. The number of methoxy groups -OCH3 is 1. The normalized spacial score (nSPS) is 11.7. The summed E-state index contributed by atoms with van der Waals surface area (Å²) in [6.07, 6.45) is 1.42. The molecule has 0 aliphatic heterocycles. The molecule has 126 valence electrons. The lowest BCUT2D eigenvalue weighted by Gasteiger charge is -2.19. The molecule has 0 fully saturated rings. The fourth-order valence-corrected chi connectivity index (χ4v) is 2.85. The van der Waals surface area contributed by atoms with E-state index in [1.807, 2.05) is 0 Å². The summed E-state index contributed by atoms with van der Waals surface area (Å²) in [5, 5.41) is 3.25. The van der Waals surface area contributed by atoms with Crippen molar-refractivity contribution in [3.05, 3.63) is 62.3 Å². The summed E-state index contributed by atoms with van der Waals surface area (Å²) >= 11 is 15.4. The van der Waals surface area contributed by atoms with Gasteiger partial charge in [0.15, 0.2) is 0 Å². The van der Waals surface area contributed by atoms with Crippen molar-refractivity contribution < 1.29 is 14.3 Å². The van der Waals surface area contributed by atoms with Crippen LogP contribution in [-0.4, -0.2) is 24.0 Å². The first-order chi connectivity index (χ1) is 11.4. The summed E-state index contributed by atoms with van der Waals surface area (Å²) in [6, 6.07) is 7.84. The van der Waals surface area contributed by atoms with E-state index >= 15 is 0 Å². The van der Waals surface area contributed by atoms with E-state index in [-0.39, 0.29) is 17.1 Å². The number of benzene rings is 1. The van der Waals surface area contributed by atoms with E-state index in [4.69, 9.17) is 27.9 Å². The quantitative estimate of drug-likeness (QED) is 0.569. The van der Waals surface area contributed by atoms with Crippen molar-refractivity contribution >= 4 is 51.0 Å². The number of nitrogens with zero attached hydrogens (tertiary/aromatic N) is 1. The van der Waals surface area contributed by atoms with Crippen LogP contribution < -0.4 is 5.32 Å². The van der Waals surface area contributed by atoms with Gasteiger partial charge in [-0.1, -0.05) is 41.4 Å². The molecule has 0 bridgehead atoms. The van der Waals surface area contributed by atoms with E-state index in [1.54, 1.807) is 30.3 Å². The Hall–Kier alpha value is -1.63. The van der Waals surface area contributed by atoms with Gasteiger partial charge in [-0.25, -0.2) is 4.98 Å². The summed E-state index contributed by atoms with van der Waals surface area (Å²) in [6.45, 7) is 0. The number of halogens is 3. The number of esters is 1. The maximum absolute atomic E-state index is 12.5. The second kappa shape index (κ2) is 8.46. The number of carbonyl (C=O) groups excluding carboxylic acids is 2. The molecule has 8 heteroatoms. The van der Waals surface area contributed by atoms with Gasteiger partial charge in [0.05, 0.1) is 25.1 Å². The molecule has 0 radical (unpaired) electrons. The zero-order valence-electron chi connectivity index (χ0n) is 12.6. The predicted octanol–water partition coefficient (Wildman–Crippen LogP) is 4.19. The first-order valence-electron chi connectivity index (χ1n) is 6.85. The number of rotatable bonds is 5. The molecule has 0 aliphatic carbocycles. The third kappa shape index (κ3) is 4.69. The van der Waals surface area contributed by atoms with Crippen LogP contribution in [0.2, 0.25) is 10.2 Å². The highest BCUT2D eigenvalue weighted by molar-refractivity contribution is 9.10. The van der Waals surface area contributed by atoms with Crippen LogP contribution in [0.3, 0.4) is 0 Å². The van der Waals surface area contributed by atoms with Crippen molar-refractivity contribution in [3.63, 3.8) is 0 Å². The predicted molar refractivity (Wildman–Crippen MR) is 95.2 cm³/mol. The Kier molecular flexibility index (Phi) is 6.60. The van der Waals surface area contributed by atoms with Gasteiger partial charge in [0.2, 0.25) is 0 Å². The summed E-state index contributed by atoms with van der Waals surface area (Å²) < 4.78 is 5.30. The molecule has 1 atom stereocenters. The van der Waals surface area contributed by atoms with Crippen LogP contribution in [0.15, 0.2) is 41.0 Å². The molecule has 1 aromatic heterocycles. The molecule has 1 unspecified atom stereocenters. The molecule has 2 rings (SSSR count). The Morgan fingerprint density at radius 2 is 2.04 bits per heavy atom. The standard InChI is InChI=1S/C16H13BrCl2N2O3/c1-24-14(22)7-13(10-4-2-3-5-12(10)18)21-16(23)11-6-9(17)8-20-15(11)19/h2-6,8,13H,7H2,1H3,(H,21,23). The minimum absolute atomic E-state index is 0.0617. The Bertz CT molecular complexity index is 771. The van der Waals surface area contributed by atoms with Crippen LogP contribution in [-0.2, 0) is 9.53 Å². The zero-order chi connectivity index (χ0) is 17.7. The number of nitrogens with one attached hydrogen (secondary N) is 1. The number of carbonyl (C=O) groups is 2. The van der Waals surface area contributed by atoms with Gasteiger partial charge in [-0.15, -0.1) is 0 Å². The van der Waals surface area contributed by atoms with Crippen molar-refractivity contribution in [2.45, 2.75) is 12.5 Å². The zero-order valence-corrected chi connectivity index (χ0v) is 15.7. The van der Waals surface area contributed by atoms with Gasteiger partial charge < -0.3 is 10.1 Å². The minimum Gasteiger partial charge on any atom is -0.469 e. The number of ether oxygens (including phenoxy) is 1. The van der Waals surface area contributed by atoms with Gasteiger partial charge in [0.25, 0.3) is 5.91 Å². The molecule has 0 saturated heterocycles. The molecule has 1 N–H and O–H groups in total. The maximum Gasteiger partial charge on any atom is 0.307 e. The van der Waals surface area contributed by atoms with Crippen LogP contribution in [0, 0.1) is 0 Å². The lowest BCUT2D eigenvalue weighted by atomic mass is 10.0. The topological polar surface area (TPSA) is 68.3 Å². The van der Waals surface area contributed by atoms with Gasteiger partial charge in [-0.2, -0.15) is 0 Å². The molecule has 1 amide bonds. The summed E-state index contributed by atoms with van der Waals surface area (Å²) in [5.41, 5.74) is 0.796. The van der Waals surface area contributed by atoms with Gasteiger partial charge in [-0.05, 0) is 33.6 Å². The van der Waals surface area contributed by atoms with Crippen molar-refractivity contribution in [1.29, 1.82) is 0 Å². The van der Waals surface area contributed by atoms with E-state index in [0.717, 1.165) is 0 Å². The maximum atomic E-state index is 12.5. The van der Waals surface area contributed by atoms with Crippen LogP contribution in [0.25, 0.3) is 0 Å². The van der Waals surface area contributed by atoms with Gasteiger partial charge >= 0.3 is 5.97 Å². The molecule has 1 aromatic carbocycles. The Morgan fingerprint density at radius 1 is 1.33 bits per heavy atom. The molecule has 0 saturated carbocycles. The van der Waals surface area contributed by atoms with E-state index < -0.39 is 17.9 Å². The monoisotopic (exact) mass is 430 g/mol. The number of aromatic nitrogens is 1. The van der Waals surface area contributed by atoms with Crippen LogP contribution in [0.5, 0.6) is 0 Å². The second-order valence-corrected chi connectivity index (χ2v) is 6.50. The highest BCUT2D eigenvalue weighted by Gasteiger charge is 2.23. The Balaban J connectivity index is 2.31. The molecule has 0 spiro atoms. The summed E-state index contributed by atoms with van der Waals surface area (Å²) in [4.78, 5) is 28.1. The molecular weight excluding hydrogens is 419 g/mol. The average molecular weight is 432 g/mol. The summed E-state index contributed by atoms with van der Waals surface area (Å²) in [5.74, 6) is -0.943. The Morgan fingerprint density at radius 3 is 2.71 bits per heavy atom. The molecule has 1 heterocycles. The van der Waals surface area contributed by atoms with Crippen molar-refractivity contribution in [2.24, 2.45) is 0 Å². The third-order valence-electron chi connectivity index (χ3n) is 3.23. The van der Waals surface area contributed by atoms with Crippen LogP contribution in [0.1, 0.15) is 28.4 Å². The second-order valence-electron chi connectivity index (χ2n) is 4.82. The van der Waals surface area contributed by atoms with Gasteiger partial charge in [0, 0.05) is 15.7 Å². The first-order valence-corrected chi connectivity index (χ1v) is 8.40. The van der Waals surface area contributed by atoms with E-state index in [9.17, 15) is 9.59 Å². The SMILES string of the molecule is COC(=O)CC(NC(=O)c1cc(Br)cnc1Cl)c1ccccc1Cl. The minimum atomic E-state index is -0.659. The molecule has 2 aromatic rings. The van der Waals surface area contributed by atoms with Gasteiger partial charge in [0.1, 0.15) is 5.15 Å². The molecular formula is C16H13BrCl2N2O3. The van der Waals surface area contributed by atoms with Crippen LogP contribution >= 0.6 is 39.1 Å². The first kappa shape index (κ1) is 18.7. The van der Waals surface area contributed by atoms with E-state index in [2.05, 4.69) is 26.2 Å². The number of pyridine rings is 1. The third-order valence-corrected chi connectivity index (χ3v) is 4.31. The smallest absolute Gasteiger partial charge is 0.307 e. The van der Waals surface area contributed by atoms with Crippen molar-refractivity contribution in [2.75, 3.05) is 7.11 Å². The molecule has 5 nitrogen and oxygen atoms in total. The van der Waals surface area contributed by atoms with Crippen molar-refractivity contribution in [1.82, 2.24) is 10.3 Å². The molecule has 24 heavy (non-hydrogen) atoms. The van der Waals surface area contributed by atoms with Crippen LogP contribution in [0.4, 0.5) is 0 Å². The number of amides is 1. The molecule has 0 aliphatic rings. The largest absolute Gasteiger partial charge is 0.469 e.